The molecule has 2 atom stereocenters. The summed E-state index contributed by atoms with van der Waals surface area (Å²) in [4.78, 5) is 6.64. The van der Waals surface area contributed by atoms with Crippen LogP contribution in [0.3, 0.4) is 0 Å². The first kappa shape index (κ1) is 25.9. The highest BCUT2D eigenvalue weighted by atomic mass is 35.5. The summed E-state index contributed by atoms with van der Waals surface area (Å²) in [5.74, 6) is 1.13. The summed E-state index contributed by atoms with van der Waals surface area (Å²) < 4.78 is 29.4. The average molecular weight is 514 g/mol. The van der Waals surface area contributed by atoms with Gasteiger partial charge in [0.2, 0.25) is 0 Å². The Bertz CT molecular complexity index is 1080. The van der Waals surface area contributed by atoms with Crippen molar-refractivity contribution in [2.45, 2.75) is 30.3 Å². The molecule has 2 aromatic heterocycles. The van der Waals surface area contributed by atoms with Crippen molar-refractivity contribution in [1.82, 2.24) is 24.6 Å². The number of nitrogens with zero attached hydrogens (tertiary/aromatic N) is 5. The summed E-state index contributed by atoms with van der Waals surface area (Å²) in [6.45, 7) is 3.09. The lowest BCUT2D eigenvalue weighted by atomic mass is 9.98. The zero-order valence-corrected chi connectivity index (χ0v) is 20.7. The van der Waals surface area contributed by atoms with Crippen molar-refractivity contribution in [2.75, 3.05) is 25.4 Å². The van der Waals surface area contributed by atoms with Gasteiger partial charge in [0.15, 0.2) is 11.0 Å². The largest absolute Gasteiger partial charge is 0.305 e. The van der Waals surface area contributed by atoms with E-state index in [9.17, 15) is 8.78 Å². The van der Waals surface area contributed by atoms with E-state index in [1.807, 2.05) is 23.7 Å². The number of likely N-dealkylation sites (tertiary alicyclic amines) is 1. The Labute approximate surface area is 209 Å². The summed E-state index contributed by atoms with van der Waals surface area (Å²) in [6, 6.07) is 7.90. The van der Waals surface area contributed by atoms with E-state index in [1.165, 1.54) is 6.07 Å². The molecule has 2 fully saturated rings. The molecule has 3 aromatic rings. The minimum atomic E-state index is -0.503. The van der Waals surface area contributed by atoms with E-state index in [0.29, 0.717) is 5.56 Å². The number of hydrogen-bond acceptors (Lipinski definition) is 5. The maximum absolute atomic E-state index is 14.2. The molecule has 1 spiro atoms. The third-order valence-electron chi connectivity index (χ3n) is 6.60. The normalized spacial score (nSPS) is 21.6. The fraction of sp³-hybridized carbons (Fsp3) is 0.435. The second-order valence-corrected chi connectivity index (χ2v) is 9.68. The predicted molar refractivity (Wildman–Crippen MR) is 131 cm³/mol. The first-order valence-electron chi connectivity index (χ1n) is 10.7. The molecule has 1 aliphatic carbocycles. The number of pyridine rings is 1. The Hall–Kier alpha value is -1.74. The molecule has 2 aliphatic rings. The quantitative estimate of drug-likeness (QED) is 0.314. The molecule has 5 nitrogen and oxygen atoms in total. The number of halogens is 4. The van der Waals surface area contributed by atoms with Crippen LogP contribution in [0.2, 0.25) is 0 Å². The SMILES string of the molecule is Cl.Cl.Cn1c(SCCCN2CC[C@]3(C[C@@H]3c3ccc(F)cc3F)C2)nnc1-c1cccnc1. The van der Waals surface area contributed by atoms with Crippen LogP contribution in [0.4, 0.5) is 8.78 Å². The van der Waals surface area contributed by atoms with Gasteiger partial charge in [0.1, 0.15) is 11.6 Å². The molecule has 0 N–H and O–H groups in total. The van der Waals surface area contributed by atoms with Crippen LogP contribution in [-0.4, -0.2) is 50.0 Å². The molecule has 178 valence electrons. The van der Waals surface area contributed by atoms with Crippen molar-refractivity contribution in [3.63, 3.8) is 0 Å². The van der Waals surface area contributed by atoms with Crippen LogP contribution in [0.15, 0.2) is 47.9 Å². The van der Waals surface area contributed by atoms with Crippen LogP contribution in [0.1, 0.15) is 30.7 Å². The van der Waals surface area contributed by atoms with Crippen LogP contribution >= 0.6 is 36.6 Å². The van der Waals surface area contributed by atoms with Gasteiger partial charge in [-0.15, -0.1) is 35.0 Å². The summed E-state index contributed by atoms with van der Waals surface area (Å²) in [6.07, 6.45) is 6.71. The lowest BCUT2D eigenvalue weighted by Crippen LogP contribution is -2.23. The number of benzene rings is 1. The van der Waals surface area contributed by atoms with Crippen molar-refractivity contribution in [1.29, 1.82) is 0 Å². The lowest BCUT2D eigenvalue weighted by molar-refractivity contribution is 0.319. The molecule has 0 bridgehead atoms. The minimum absolute atomic E-state index is 0. The fourth-order valence-electron chi connectivity index (χ4n) is 4.84. The van der Waals surface area contributed by atoms with Gasteiger partial charge in [0.25, 0.3) is 0 Å². The number of hydrogen-bond donors (Lipinski definition) is 0. The molecule has 33 heavy (non-hydrogen) atoms. The Morgan fingerprint density at radius 3 is 2.79 bits per heavy atom. The summed E-state index contributed by atoms with van der Waals surface area (Å²) >= 11 is 1.72. The third-order valence-corrected chi connectivity index (χ3v) is 7.70. The number of rotatable bonds is 7. The van der Waals surface area contributed by atoms with Crippen LogP contribution in [0.25, 0.3) is 11.4 Å². The van der Waals surface area contributed by atoms with Crippen molar-refractivity contribution >= 4 is 36.6 Å². The molecular weight excluding hydrogens is 487 g/mol. The molecular formula is C23H27Cl2F2N5S. The minimum Gasteiger partial charge on any atom is -0.305 e. The van der Waals surface area contributed by atoms with E-state index < -0.39 is 11.6 Å². The molecule has 1 saturated carbocycles. The standard InChI is InChI=1S/C23H25F2N5S.2ClH/c1-29-21(16-4-2-8-26-14-16)27-28-22(29)31-11-3-9-30-10-7-23(15-30)13-19(23)18-6-5-17(24)12-20(18)25;;/h2,4-6,8,12,14,19H,3,7,9-11,13,15H2,1H3;2*1H/t19-,23+;;/m1../s1. The van der Waals surface area contributed by atoms with Crippen molar-refractivity contribution in [2.24, 2.45) is 12.5 Å². The number of aromatic nitrogens is 4. The predicted octanol–water partition coefficient (Wildman–Crippen LogP) is 5.36. The molecule has 5 rings (SSSR count). The smallest absolute Gasteiger partial charge is 0.191 e. The average Bonchev–Trinajstić information content (AvgIpc) is 3.10. The van der Waals surface area contributed by atoms with Gasteiger partial charge in [0.05, 0.1) is 0 Å². The van der Waals surface area contributed by atoms with Gasteiger partial charge in [-0.1, -0.05) is 17.8 Å². The van der Waals surface area contributed by atoms with Crippen molar-refractivity contribution in [3.8, 4) is 11.4 Å². The van der Waals surface area contributed by atoms with E-state index in [0.717, 1.165) is 67.3 Å². The molecule has 0 amide bonds. The third kappa shape index (κ3) is 5.34. The zero-order valence-electron chi connectivity index (χ0n) is 18.3. The molecule has 3 heterocycles. The van der Waals surface area contributed by atoms with Gasteiger partial charge < -0.3 is 9.47 Å². The second kappa shape index (κ2) is 10.7. The van der Waals surface area contributed by atoms with Gasteiger partial charge in [-0.3, -0.25) is 4.98 Å². The summed E-state index contributed by atoms with van der Waals surface area (Å²) in [7, 11) is 1.98. The van der Waals surface area contributed by atoms with Gasteiger partial charge in [0, 0.05) is 43.4 Å². The van der Waals surface area contributed by atoms with Crippen molar-refractivity contribution < 1.29 is 8.78 Å². The van der Waals surface area contributed by atoms with E-state index >= 15 is 0 Å². The molecule has 1 aromatic carbocycles. The van der Waals surface area contributed by atoms with E-state index in [4.69, 9.17) is 0 Å². The van der Waals surface area contributed by atoms with Crippen LogP contribution in [0, 0.1) is 17.0 Å². The fourth-order valence-corrected chi connectivity index (χ4v) is 5.67. The van der Waals surface area contributed by atoms with Gasteiger partial charge >= 0.3 is 0 Å². The van der Waals surface area contributed by atoms with E-state index in [-0.39, 0.29) is 36.1 Å². The number of thioether (sulfide) groups is 1. The molecule has 0 radical (unpaired) electrons. The maximum Gasteiger partial charge on any atom is 0.191 e. The Kier molecular flexibility index (Phi) is 8.37. The monoisotopic (exact) mass is 513 g/mol. The highest BCUT2D eigenvalue weighted by Crippen LogP contribution is 2.64. The maximum atomic E-state index is 14.2. The molecule has 10 heteroatoms. The highest BCUT2D eigenvalue weighted by molar-refractivity contribution is 7.99. The second-order valence-electron chi connectivity index (χ2n) is 8.62. The van der Waals surface area contributed by atoms with Crippen LogP contribution in [-0.2, 0) is 7.05 Å². The van der Waals surface area contributed by atoms with Gasteiger partial charge in [-0.2, -0.15) is 0 Å². The lowest BCUT2D eigenvalue weighted by Gasteiger charge is -2.16. The van der Waals surface area contributed by atoms with Crippen LogP contribution < -0.4 is 0 Å². The first-order valence-corrected chi connectivity index (χ1v) is 11.6. The molecule has 0 unspecified atom stereocenters. The zero-order chi connectivity index (χ0) is 21.4. The van der Waals surface area contributed by atoms with Crippen molar-refractivity contribution in [3.05, 3.63) is 59.9 Å². The molecule has 1 aliphatic heterocycles. The first-order chi connectivity index (χ1) is 15.1. The summed E-state index contributed by atoms with van der Waals surface area (Å²) in [5, 5.41) is 9.54. The highest BCUT2D eigenvalue weighted by Gasteiger charge is 2.58. The Balaban J connectivity index is 0.00000153. The Morgan fingerprint density at radius 2 is 2.03 bits per heavy atom. The van der Waals surface area contributed by atoms with E-state index in [1.54, 1.807) is 30.2 Å². The molecule has 1 saturated heterocycles. The van der Waals surface area contributed by atoms with Gasteiger partial charge in [-0.05, 0) is 67.4 Å². The summed E-state index contributed by atoms with van der Waals surface area (Å²) in [5.41, 5.74) is 1.84. The van der Waals surface area contributed by atoms with E-state index in [2.05, 4.69) is 20.1 Å². The topological polar surface area (TPSA) is 46.8 Å². The van der Waals surface area contributed by atoms with Crippen LogP contribution in [0.5, 0.6) is 0 Å². The van der Waals surface area contributed by atoms with Gasteiger partial charge in [-0.25, -0.2) is 8.78 Å². The Morgan fingerprint density at radius 1 is 1.18 bits per heavy atom.